The molecule has 0 aliphatic rings. The molecule has 0 aliphatic carbocycles. The van der Waals surface area contributed by atoms with Gasteiger partial charge >= 0.3 is 5.97 Å². The first-order valence-corrected chi connectivity index (χ1v) is 6.90. The molecule has 0 amide bonds. The molecule has 18 heavy (non-hydrogen) atoms. The second kappa shape index (κ2) is 11.0. The van der Waals surface area contributed by atoms with Crippen LogP contribution in [0.15, 0.2) is 12.2 Å². The Kier molecular flexibility index (Phi) is 10.3. The average Bonchev–Trinajstić information content (AvgIpc) is 2.40. The van der Waals surface area contributed by atoms with E-state index >= 15 is 0 Å². The summed E-state index contributed by atoms with van der Waals surface area (Å²) in [7, 11) is 1.36. The van der Waals surface area contributed by atoms with E-state index in [4.69, 9.17) is 0 Å². The Morgan fingerprint density at radius 3 is 2.44 bits per heavy atom. The number of ketones is 1. The highest BCUT2D eigenvalue weighted by Crippen LogP contribution is 2.14. The van der Waals surface area contributed by atoms with Crippen LogP contribution >= 0.6 is 0 Å². The summed E-state index contributed by atoms with van der Waals surface area (Å²) in [5.41, 5.74) is 0. The first kappa shape index (κ1) is 16.9. The van der Waals surface area contributed by atoms with Crippen LogP contribution in [-0.2, 0) is 14.3 Å². The van der Waals surface area contributed by atoms with Gasteiger partial charge in [-0.05, 0) is 19.3 Å². The molecule has 0 fully saturated rings. The predicted molar refractivity (Wildman–Crippen MR) is 73.3 cm³/mol. The summed E-state index contributed by atoms with van der Waals surface area (Å²) < 4.78 is 4.62. The maximum absolute atomic E-state index is 11.7. The molecule has 0 aromatic rings. The zero-order chi connectivity index (χ0) is 13.8. The van der Waals surface area contributed by atoms with Crippen LogP contribution in [0.3, 0.4) is 0 Å². The minimum absolute atomic E-state index is 0.138. The van der Waals surface area contributed by atoms with Crippen LogP contribution < -0.4 is 0 Å². The third kappa shape index (κ3) is 8.04. The van der Waals surface area contributed by atoms with Gasteiger partial charge in [0.1, 0.15) is 5.78 Å². The molecular weight excluding hydrogens is 228 g/mol. The van der Waals surface area contributed by atoms with Gasteiger partial charge in [0.2, 0.25) is 0 Å². The van der Waals surface area contributed by atoms with Crippen molar-refractivity contribution in [3.05, 3.63) is 12.2 Å². The van der Waals surface area contributed by atoms with E-state index in [1.54, 1.807) is 0 Å². The largest absolute Gasteiger partial charge is 0.469 e. The van der Waals surface area contributed by atoms with E-state index in [2.05, 4.69) is 17.7 Å². The van der Waals surface area contributed by atoms with Crippen molar-refractivity contribution < 1.29 is 14.3 Å². The number of hydrogen-bond acceptors (Lipinski definition) is 3. The Morgan fingerprint density at radius 2 is 1.89 bits per heavy atom. The molecule has 0 saturated carbocycles. The number of methoxy groups -OCH3 is 1. The second-order valence-corrected chi connectivity index (χ2v) is 4.50. The monoisotopic (exact) mass is 254 g/mol. The fourth-order valence-electron chi connectivity index (χ4n) is 1.79. The van der Waals surface area contributed by atoms with Gasteiger partial charge in [-0.25, -0.2) is 0 Å². The van der Waals surface area contributed by atoms with E-state index in [0.29, 0.717) is 12.8 Å². The van der Waals surface area contributed by atoms with Crippen LogP contribution in [0.5, 0.6) is 0 Å². The molecule has 3 nitrogen and oxygen atoms in total. The van der Waals surface area contributed by atoms with Crippen molar-refractivity contribution in [2.45, 2.75) is 58.8 Å². The molecule has 0 saturated heterocycles. The van der Waals surface area contributed by atoms with Crippen molar-refractivity contribution in [1.82, 2.24) is 0 Å². The molecule has 0 N–H and O–H groups in total. The quantitative estimate of drug-likeness (QED) is 0.339. The molecule has 1 unspecified atom stereocenters. The van der Waals surface area contributed by atoms with Gasteiger partial charge in [0.25, 0.3) is 0 Å². The number of unbranched alkanes of at least 4 members (excludes halogenated alkanes) is 3. The number of carbonyl (C=O) groups excluding carboxylic acids is 2. The molecular formula is C15H26O3. The fourth-order valence-corrected chi connectivity index (χ4v) is 1.79. The summed E-state index contributed by atoms with van der Waals surface area (Å²) in [6.07, 6.45) is 10.2. The highest BCUT2D eigenvalue weighted by Gasteiger charge is 2.19. The standard InChI is InChI=1S/C15H26O3/c1-4-6-7-8-9-10-11-13(14(16)5-2)12-15(17)18-3/h9-10,13H,4-8,11-12H2,1-3H3/b10-9+. The summed E-state index contributed by atoms with van der Waals surface area (Å²) in [6, 6.07) is 0. The highest BCUT2D eigenvalue weighted by atomic mass is 16.5. The lowest BCUT2D eigenvalue weighted by Gasteiger charge is -2.11. The van der Waals surface area contributed by atoms with E-state index in [0.717, 1.165) is 6.42 Å². The molecule has 1 atom stereocenters. The number of carbonyl (C=O) groups is 2. The molecule has 0 aliphatic heterocycles. The van der Waals surface area contributed by atoms with E-state index in [1.807, 2.05) is 13.0 Å². The molecule has 104 valence electrons. The van der Waals surface area contributed by atoms with E-state index < -0.39 is 0 Å². The summed E-state index contributed by atoms with van der Waals surface area (Å²) in [5, 5.41) is 0. The topological polar surface area (TPSA) is 43.4 Å². The minimum Gasteiger partial charge on any atom is -0.469 e. The van der Waals surface area contributed by atoms with Crippen molar-refractivity contribution >= 4 is 11.8 Å². The molecule has 0 aromatic carbocycles. The Bertz CT molecular complexity index is 269. The SMILES string of the molecule is CCCCC/C=C/CC(CC(=O)OC)C(=O)CC. The van der Waals surface area contributed by atoms with E-state index in [1.165, 1.54) is 26.4 Å². The Balaban J connectivity index is 4.08. The number of allylic oxidation sites excluding steroid dienone is 2. The van der Waals surface area contributed by atoms with Gasteiger partial charge in [0.15, 0.2) is 0 Å². The van der Waals surface area contributed by atoms with Gasteiger partial charge in [-0.3, -0.25) is 9.59 Å². The first-order valence-electron chi connectivity index (χ1n) is 6.90. The number of rotatable bonds is 10. The number of Topliss-reactive ketones (excluding diaryl/α,β-unsaturated/α-hetero) is 1. The van der Waals surface area contributed by atoms with Crippen LogP contribution in [0.2, 0.25) is 0 Å². The van der Waals surface area contributed by atoms with Gasteiger partial charge in [-0.1, -0.05) is 38.8 Å². The van der Waals surface area contributed by atoms with Crippen molar-refractivity contribution in [1.29, 1.82) is 0 Å². The smallest absolute Gasteiger partial charge is 0.306 e. The maximum atomic E-state index is 11.7. The number of hydrogen-bond donors (Lipinski definition) is 0. The lowest BCUT2D eigenvalue weighted by molar-refractivity contribution is -0.143. The predicted octanol–water partition coefficient (Wildman–Crippen LogP) is 3.67. The van der Waals surface area contributed by atoms with Gasteiger partial charge < -0.3 is 4.74 Å². The Hall–Kier alpha value is -1.12. The fraction of sp³-hybridized carbons (Fsp3) is 0.733. The first-order chi connectivity index (χ1) is 8.65. The van der Waals surface area contributed by atoms with Crippen LogP contribution in [0.1, 0.15) is 58.8 Å². The van der Waals surface area contributed by atoms with Crippen molar-refractivity contribution in [2.75, 3.05) is 7.11 Å². The van der Waals surface area contributed by atoms with Crippen LogP contribution in [-0.4, -0.2) is 18.9 Å². The van der Waals surface area contributed by atoms with Gasteiger partial charge in [0, 0.05) is 12.3 Å². The zero-order valence-electron chi connectivity index (χ0n) is 11.9. The summed E-state index contributed by atoms with van der Waals surface area (Å²) in [6.45, 7) is 4.01. The number of ether oxygens (including phenoxy) is 1. The zero-order valence-corrected chi connectivity index (χ0v) is 11.9. The second-order valence-electron chi connectivity index (χ2n) is 4.50. The van der Waals surface area contributed by atoms with Gasteiger partial charge in [-0.2, -0.15) is 0 Å². The molecule has 0 spiro atoms. The number of esters is 1. The van der Waals surface area contributed by atoms with Gasteiger partial charge in [-0.15, -0.1) is 0 Å². The lowest BCUT2D eigenvalue weighted by Crippen LogP contribution is -2.18. The third-order valence-electron chi connectivity index (χ3n) is 3.01. The molecule has 3 heteroatoms. The molecule has 0 bridgehead atoms. The Labute approximate surface area is 111 Å². The van der Waals surface area contributed by atoms with Crippen molar-refractivity contribution in [3.63, 3.8) is 0 Å². The Morgan fingerprint density at radius 1 is 1.17 bits per heavy atom. The normalized spacial score (nSPS) is 12.6. The molecule has 0 aromatic heterocycles. The van der Waals surface area contributed by atoms with Crippen molar-refractivity contribution in [3.8, 4) is 0 Å². The average molecular weight is 254 g/mol. The lowest BCUT2D eigenvalue weighted by atomic mass is 9.94. The third-order valence-corrected chi connectivity index (χ3v) is 3.01. The summed E-state index contributed by atoms with van der Waals surface area (Å²) >= 11 is 0. The molecule has 0 radical (unpaired) electrons. The molecule has 0 heterocycles. The van der Waals surface area contributed by atoms with E-state index in [9.17, 15) is 9.59 Å². The minimum atomic E-state index is -0.304. The maximum Gasteiger partial charge on any atom is 0.306 e. The van der Waals surface area contributed by atoms with Gasteiger partial charge in [0.05, 0.1) is 13.5 Å². The molecule has 0 rings (SSSR count). The van der Waals surface area contributed by atoms with Crippen LogP contribution in [0.25, 0.3) is 0 Å². The van der Waals surface area contributed by atoms with Crippen LogP contribution in [0, 0.1) is 5.92 Å². The highest BCUT2D eigenvalue weighted by molar-refractivity contribution is 5.85. The van der Waals surface area contributed by atoms with Crippen LogP contribution in [0.4, 0.5) is 0 Å². The van der Waals surface area contributed by atoms with Crippen molar-refractivity contribution in [2.24, 2.45) is 5.92 Å². The summed E-state index contributed by atoms with van der Waals surface area (Å²) in [4.78, 5) is 22.9. The summed E-state index contributed by atoms with van der Waals surface area (Å²) in [5.74, 6) is -0.385. The van der Waals surface area contributed by atoms with E-state index in [-0.39, 0.29) is 24.1 Å².